The molecule has 2 aromatic rings. The summed E-state index contributed by atoms with van der Waals surface area (Å²) in [4.78, 5) is 12.6. The van der Waals surface area contributed by atoms with Crippen LogP contribution < -0.4 is 14.4 Å². The molecule has 0 spiro atoms. The normalized spacial score (nSPS) is 12.2. The van der Waals surface area contributed by atoms with Gasteiger partial charge in [0.2, 0.25) is 5.91 Å². The van der Waals surface area contributed by atoms with Gasteiger partial charge in [-0.3, -0.25) is 9.10 Å². The zero-order valence-corrected chi connectivity index (χ0v) is 17.1. The van der Waals surface area contributed by atoms with E-state index in [9.17, 15) is 13.2 Å². The molecule has 152 valence electrons. The fourth-order valence-electron chi connectivity index (χ4n) is 2.70. The van der Waals surface area contributed by atoms with Crippen molar-refractivity contribution in [1.29, 1.82) is 0 Å². The largest absolute Gasteiger partial charge is 0.492 e. The predicted octanol–water partition coefficient (Wildman–Crippen LogP) is 2.43. The fourth-order valence-corrected chi connectivity index (χ4v) is 4.16. The van der Waals surface area contributed by atoms with Gasteiger partial charge in [0.15, 0.2) is 0 Å². The molecule has 8 heteroatoms. The number of nitrogens with one attached hydrogen (secondary N) is 1. The molecule has 0 saturated carbocycles. The van der Waals surface area contributed by atoms with Gasteiger partial charge < -0.3 is 14.8 Å². The van der Waals surface area contributed by atoms with Gasteiger partial charge in [-0.25, -0.2) is 8.42 Å². The monoisotopic (exact) mass is 406 g/mol. The van der Waals surface area contributed by atoms with Gasteiger partial charge in [-0.05, 0) is 38.1 Å². The van der Waals surface area contributed by atoms with Crippen LogP contribution in [0.15, 0.2) is 59.5 Å². The molecule has 0 bridgehead atoms. The van der Waals surface area contributed by atoms with Crippen LogP contribution in [0.5, 0.6) is 5.75 Å². The summed E-state index contributed by atoms with van der Waals surface area (Å²) >= 11 is 0. The number of ether oxygens (including phenoxy) is 2. The summed E-state index contributed by atoms with van der Waals surface area (Å²) in [6.07, 6.45) is 0. The van der Waals surface area contributed by atoms with Gasteiger partial charge in [0, 0.05) is 13.2 Å². The third-order valence-electron chi connectivity index (χ3n) is 3.88. The highest BCUT2D eigenvalue weighted by Gasteiger charge is 2.29. The number of hydrogen-bond acceptors (Lipinski definition) is 5. The van der Waals surface area contributed by atoms with Crippen molar-refractivity contribution in [3.8, 4) is 5.75 Å². The van der Waals surface area contributed by atoms with Gasteiger partial charge in [0.1, 0.15) is 12.3 Å². The maximum Gasteiger partial charge on any atom is 0.264 e. The molecule has 2 rings (SSSR count). The average molecular weight is 407 g/mol. The minimum Gasteiger partial charge on any atom is -0.492 e. The van der Waals surface area contributed by atoms with Crippen molar-refractivity contribution < 1.29 is 22.7 Å². The van der Waals surface area contributed by atoms with Crippen LogP contribution in [0.3, 0.4) is 0 Å². The molecule has 0 saturated heterocycles. The molecule has 0 aliphatic rings. The Morgan fingerprint density at radius 1 is 1.11 bits per heavy atom. The number of anilines is 1. The Morgan fingerprint density at radius 2 is 1.75 bits per heavy atom. The molecule has 1 N–H and O–H groups in total. The van der Waals surface area contributed by atoms with Gasteiger partial charge in [0.25, 0.3) is 10.0 Å². The molecular weight excluding hydrogens is 380 g/mol. The van der Waals surface area contributed by atoms with E-state index in [1.54, 1.807) is 49.4 Å². The molecule has 0 radical (unpaired) electrons. The Hall–Kier alpha value is -2.58. The lowest BCUT2D eigenvalue weighted by molar-refractivity contribution is -0.120. The first-order valence-corrected chi connectivity index (χ1v) is 10.4. The number of sulfonamides is 1. The quantitative estimate of drug-likeness (QED) is 0.655. The summed E-state index contributed by atoms with van der Waals surface area (Å²) in [6.45, 7) is 3.91. The number of para-hydroxylation sites is 2. The van der Waals surface area contributed by atoms with E-state index in [1.165, 1.54) is 19.2 Å². The molecule has 0 fully saturated rings. The molecule has 0 unspecified atom stereocenters. The first-order chi connectivity index (χ1) is 13.4. The average Bonchev–Trinajstić information content (AvgIpc) is 2.68. The number of carbonyl (C=O) groups is 1. The first-order valence-electron chi connectivity index (χ1n) is 8.98. The van der Waals surface area contributed by atoms with E-state index in [4.69, 9.17) is 9.47 Å². The Morgan fingerprint density at radius 3 is 2.39 bits per heavy atom. The van der Waals surface area contributed by atoms with Crippen molar-refractivity contribution in [1.82, 2.24) is 5.32 Å². The SMILES string of the molecule is CCOc1ccccc1N(CC(=O)N[C@H](C)COC)S(=O)(=O)c1ccccc1. The number of carbonyl (C=O) groups excluding carboxylic acids is 1. The minimum atomic E-state index is -3.98. The van der Waals surface area contributed by atoms with Crippen molar-refractivity contribution in [2.45, 2.75) is 24.8 Å². The molecule has 1 amide bonds. The second-order valence-electron chi connectivity index (χ2n) is 6.15. The van der Waals surface area contributed by atoms with Crippen molar-refractivity contribution in [3.63, 3.8) is 0 Å². The zero-order valence-electron chi connectivity index (χ0n) is 16.3. The standard InChI is InChI=1S/C20H26N2O5S/c1-4-27-19-13-9-8-12-18(19)22(14-20(23)21-16(2)15-26-3)28(24,25)17-10-6-5-7-11-17/h5-13,16H,4,14-15H2,1-3H3,(H,21,23)/t16-/m1/s1. The highest BCUT2D eigenvalue weighted by atomic mass is 32.2. The predicted molar refractivity (Wildman–Crippen MR) is 108 cm³/mol. The van der Waals surface area contributed by atoms with Crippen LogP contribution in [0.2, 0.25) is 0 Å². The van der Waals surface area contributed by atoms with Crippen LogP contribution in [-0.4, -0.2) is 47.2 Å². The fraction of sp³-hybridized carbons (Fsp3) is 0.350. The van der Waals surface area contributed by atoms with Gasteiger partial charge in [-0.15, -0.1) is 0 Å². The Bertz CT molecular complexity index is 871. The lowest BCUT2D eigenvalue weighted by Crippen LogP contribution is -2.44. The molecule has 0 aromatic heterocycles. The van der Waals surface area contributed by atoms with Crippen LogP contribution in [-0.2, 0) is 19.6 Å². The second kappa shape index (κ2) is 10.1. The van der Waals surface area contributed by atoms with Gasteiger partial charge in [0.05, 0.1) is 23.8 Å². The van der Waals surface area contributed by atoms with Crippen molar-refractivity contribution in [2.24, 2.45) is 0 Å². The van der Waals surface area contributed by atoms with Crippen LogP contribution in [0.4, 0.5) is 5.69 Å². The molecule has 28 heavy (non-hydrogen) atoms. The number of rotatable bonds is 10. The Labute approximate surface area is 166 Å². The highest BCUT2D eigenvalue weighted by Crippen LogP contribution is 2.32. The van der Waals surface area contributed by atoms with Crippen molar-refractivity contribution in [2.75, 3.05) is 31.2 Å². The van der Waals surface area contributed by atoms with E-state index >= 15 is 0 Å². The van der Waals surface area contributed by atoms with E-state index < -0.39 is 15.9 Å². The smallest absolute Gasteiger partial charge is 0.264 e. The number of nitrogens with zero attached hydrogens (tertiary/aromatic N) is 1. The van der Waals surface area contributed by atoms with Crippen LogP contribution in [0.25, 0.3) is 0 Å². The third-order valence-corrected chi connectivity index (χ3v) is 5.65. The minimum absolute atomic E-state index is 0.0963. The summed E-state index contributed by atoms with van der Waals surface area (Å²) in [5.41, 5.74) is 0.308. The molecule has 0 aliphatic heterocycles. The maximum atomic E-state index is 13.3. The second-order valence-corrected chi connectivity index (χ2v) is 8.01. The molecule has 2 aromatic carbocycles. The summed E-state index contributed by atoms with van der Waals surface area (Å²) in [5, 5.41) is 2.75. The third kappa shape index (κ3) is 5.46. The summed E-state index contributed by atoms with van der Waals surface area (Å²) in [7, 11) is -2.44. The van der Waals surface area contributed by atoms with Gasteiger partial charge >= 0.3 is 0 Å². The highest BCUT2D eigenvalue weighted by molar-refractivity contribution is 7.92. The van der Waals surface area contributed by atoms with Gasteiger partial charge in [-0.2, -0.15) is 0 Å². The number of methoxy groups -OCH3 is 1. The van der Waals surface area contributed by atoms with Crippen LogP contribution in [0, 0.1) is 0 Å². The molecule has 1 atom stereocenters. The molecular formula is C20H26N2O5S. The zero-order chi connectivity index (χ0) is 20.6. The van der Waals surface area contributed by atoms with E-state index in [0.717, 1.165) is 4.31 Å². The molecule has 0 heterocycles. The van der Waals surface area contributed by atoms with E-state index in [1.807, 2.05) is 6.92 Å². The number of benzene rings is 2. The topological polar surface area (TPSA) is 84.9 Å². The van der Waals surface area contributed by atoms with E-state index in [-0.39, 0.29) is 17.5 Å². The Kier molecular flexibility index (Phi) is 7.83. The maximum absolute atomic E-state index is 13.3. The first kappa shape index (κ1) is 21.7. The lowest BCUT2D eigenvalue weighted by atomic mass is 10.3. The van der Waals surface area contributed by atoms with Gasteiger partial charge in [-0.1, -0.05) is 30.3 Å². The number of hydrogen-bond donors (Lipinski definition) is 1. The summed E-state index contributed by atoms with van der Waals surface area (Å²) in [5.74, 6) is -0.0439. The van der Waals surface area contributed by atoms with E-state index in [2.05, 4.69) is 5.32 Å². The lowest BCUT2D eigenvalue weighted by Gasteiger charge is -2.26. The van der Waals surface area contributed by atoms with Crippen molar-refractivity contribution in [3.05, 3.63) is 54.6 Å². The summed E-state index contributed by atoms with van der Waals surface area (Å²) < 4.78 is 38.3. The van der Waals surface area contributed by atoms with Crippen LogP contribution in [0.1, 0.15) is 13.8 Å². The van der Waals surface area contributed by atoms with Crippen LogP contribution >= 0.6 is 0 Å². The van der Waals surface area contributed by atoms with E-state index in [0.29, 0.717) is 24.7 Å². The summed E-state index contributed by atoms with van der Waals surface area (Å²) in [6, 6.07) is 14.5. The molecule has 7 nitrogen and oxygen atoms in total. The number of amides is 1. The molecule has 0 aliphatic carbocycles. The van der Waals surface area contributed by atoms with Crippen molar-refractivity contribution >= 4 is 21.6 Å². The Balaban J connectivity index is 2.43.